The number of nitrogens with zero attached hydrogens (tertiary/aromatic N) is 1. The Hall–Kier alpha value is 0.0600. The fourth-order valence-electron chi connectivity index (χ4n) is 1.60. The molecule has 0 radical (unpaired) electrons. The maximum atomic E-state index is 12.2. The maximum absolute atomic E-state index is 12.2. The largest absolute Gasteiger partial charge is 0.337 e. The molecule has 0 unspecified atom stereocenters. The molecule has 1 saturated heterocycles. The smallest absolute Gasteiger partial charge is 0.254 e. The summed E-state index contributed by atoms with van der Waals surface area (Å²) in [6, 6.07) is 5.41. The Kier molecular flexibility index (Phi) is 4.38. The molecule has 1 fully saturated rings. The fraction of sp³-hybridized carbons (Fsp3) is 0.364. The molecule has 0 saturated carbocycles. The molecule has 1 aromatic rings. The molecule has 5 heteroatoms. The molecule has 2 nitrogen and oxygen atoms in total. The number of amides is 1. The molecule has 86 valence electrons. The van der Waals surface area contributed by atoms with Crippen molar-refractivity contribution in [3.8, 4) is 0 Å². The van der Waals surface area contributed by atoms with E-state index >= 15 is 0 Å². The zero-order valence-corrected chi connectivity index (χ0v) is 12.3. The summed E-state index contributed by atoms with van der Waals surface area (Å²) in [5.41, 5.74) is 0.761. The Balaban J connectivity index is 2.19. The molecule has 0 atom stereocenters. The lowest BCUT2D eigenvalue weighted by Gasteiger charge is -2.26. The third kappa shape index (κ3) is 2.84. The number of hydrogen-bond donors (Lipinski definition) is 0. The second-order valence-electron chi connectivity index (χ2n) is 3.53. The Bertz CT molecular complexity index is 407. The molecule has 1 aromatic carbocycles. The van der Waals surface area contributed by atoms with Crippen LogP contribution in [-0.4, -0.2) is 35.4 Å². The van der Waals surface area contributed by atoms with Crippen LogP contribution in [0, 0.1) is 3.57 Å². The molecular weight excluding hydrogens is 357 g/mol. The van der Waals surface area contributed by atoms with Gasteiger partial charge >= 0.3 is 0 Å². The lowest BCUT2D eigenvalue weighted by molar-refractivity contribution is 0.0771. The van der Waals surface area contributed by atoms with Crippen LogP contribution in [0.4, 0.5) is 0 Å². The van der Waals surface area contributed by atoms with Crippen molar-refractivity contribution in [2.24, 2.45) is 0 Å². The second-order valence-corrected chi connectivity index (χ2v) is 6.35. The molecule has 2 rings (SSSR count). The molecule has 1 amide bonds. The predicted octanol–water partition coefficient (Wildman–Crippen LogP) is 3.13. The predicted molar refractivity (Wildman–Crippen MR) is 77.4 cm³/mol. The van der Waals surface area contributed by atoms with Gasteiger partial charge in [-0.25, -0.2) is 0 Å². The highest BCUT2D eigenvalue weighted by atomic mass is 127. The third-order valence-electron chi connectivity index (χ3n) is 2.46. The number of halogens is 2. The van der Waals surface area contributed by atoms with Gasteiger partial charge < -0.3 is 4.90 Å². The summed E-state index contributed by atoms with van der Waals surface area (Å²) < 4.78 is 0.924. The molecule has 0 bridgehead atoms. The van der Waals surface area contributed by atoms with E-state index in [1.807, 2.05) is 28.8 Å². The van der Waals surface area contributed by atoms with E-state index in [0.29, 0.717) is 5.02 Å². The molecule has 1 aliphatic rings. The van der Waals surface area contributed by atoms with Gasteiger partial charge in [0.1, 0.15) is 0 Å². The van der Waals surface area contributed by atoms with Crippen molar-refractivity contribution in [1.29, 1.82) is 0 Å². The van der Waals surface area contributed by atoms with E-state index in [0.717, 1.165) is 33.7 Å². The molecule has 0 aromatic heterocycles. The first kappa shape index (κ1) is 12.5. The van der Waals surface area contributed by atoms with Crippen molar-refractivity contribution in [2.75, 3.05) is 24.6 Å². The molecule has 1 aliphatic heterocycles. The van der Waals surface area contributed by atoms with Gasteiger partial charge in [0.15, 0.2) is 0 Å². The number of rotatable bonds is 1. The van der Waals surface area contributed by atoms with Crippen LogP contribution in [0.2, 0.25) is 5.02 Å². The first-order valence-electron chi connectivity index (χ1n) is 5.00. The van der Waals surface area contributed by atoms with Crippen molar-refractivity contribution in [3.05, 3.63) is 32.4 Å². The Morgan fingerprint density at radius 2 is 2.06 bits per heavy atom. The van der Waals surface area contributed by atoms with Gasteiger partial charge in [0.05, 0.1) is 5.56 Å². The van der Waals surface area contributed by atoms with Gasteiger partial charge in [-0.15, -0.1) is 0 Å². The topological polar surface area (TPSA) is 20.3 Å². The first-order chi connectivity index (χ1) is 7.68. The highest BCUT2D eigenvalue weighted by molar-refractivity contribution is 14.1. The third-order valence-corrected chi connectivity index (χ3v) is 4.53. The summed E-state index contributed by atoms with van der Waals surface area (Å²) in [5.74, 6) is 2.20. The number of thioether (sulfide) groups is 1. The first-order valence-corrected chi connectivity index (χ1v) is 7.61. The van der Waals surface area contributed by atoms with E-state index in [2.05, 4.69) is 22.6 Å². The monoisotopic (exact) mass is 367 g/mol. The number of benzene rings is 1. The molecule has 0 N–H and O–H groups in total. The minimum absolute atomic E-state index is 0.126. The Morgan fingerprint density at radius 3 is 2.69 bits per heavy atom. The van der Waals surface area contributed by atoms with Crippen molar-refractivity contribution >= 4 is 51.9 Å². The summed E-state index contributed by atoms with van der Waals surface area (Å²) in [4.78, 5) is 14.1. The normalized spacial score (nSPS) is 16.2. The van der Waals surface area contributed by atoms with Crippen molar-refractivity contribution in [1.82, 2.24) is 4.90 Å². The number of carbonyl (C=O) groups excluding carboxylic acids is 1. The van der Waals surface area contributed by atoms with Gasteiger partial charge in [0.2, 0.25) is 0 Å². The highest BCUT2D eigenvalue weighted by Crippen LogP contribution is 2.21. The molecular formula is C11H11ClINOS. The van der Waals surface area contributed by atoms with Crippen LogP contribution in [0.1, 0.15) is 10.4 Å². The van der Waals surface area contributed by atoms with Gasteiger partial charge in [-0.1, -0.05) is 11.6 Å². The lowest BCUT2D eigenvalue weighted by atomic mass is 10.2. The van der Waals surface area contributed by atoms with E-state index in [-0.39, 0.29) is 5.91 Å². The molecule has 1 heterocycles. The lowest BCUT2D eigenvalue weighted by Crippen LogP contribution is -2.38. The quantitative estimate of drug-likeness (QED) is 0.711. The van der Waals surface area contributed by atoms with Crippen LogP contribution >= 0.6 is 46.0 Å². The maximum Gasteiger partial charge on any atom is 0.254 e. The average Bonchev–Trinajstić information content (AvgIpc) is 2.29. The standard InChI is InChI=1S/C11H11ClINOS/c12-8-1-2-9(10(13)7-8)11(15)14-3-5-16-6-4-14/h1-2,7H,3-6H2. The molecule has 16 heavy (non-hydrogen) atoms. The number of hydrogen-bond acceptors (Lipinski definition) is 2. The fourth-order valence-corrected chi connectivity index (χ4v) is 3.60. The van der Waals surface area contributed by atoms with E-state index in [9.17, 15) is 4.79 Å². The highest BCUT2D eigenvalue weighted by Gasteiger charge is 2.20. The van der Waals surface area contributed by atoms with Gasteiger partial charge in [-0.05, 0) is 40.8 Å². The van der Waals surface area contributed by atoms with Gasteiger partial charge in [-0.3, -0.25) is 4.79 Å². The summed E-state index contributed by atoms with van der Waals surface area (Å²) >= 11 is 9.94. The summed E-state index contributed by atoms with van der Waals surface area (Å²) in [6.45, 7) is 1.70. The van der Waals surface area contributed by atoms with Crippen LogP contribution in [-0.2, 0) is 0 Å². The van der Waals surface area contributed by atoms with E-state index in [1.54, 1.807) is 6.07 Å². The summed E-state index contributed by atoms with van der Waals surface area (Å²) in [5, 5.41) is 0.676. The summed E-state index contributed by atoms with van der Waals surface area (Å²) in [7, 11) is 0. The summed E-state index contributed by atoms with van der Waals surface area (Å²) in [6.07, 6.45) is 0. The van der Waals surface area contributed by atoms with Crippen LogP contribution in [0.15, 0.2) is 18.2 Å². The Morgan fingerprint density at radius 1 is 1.38 bits per heavy atom. The van der Waals surface area contributed by atoms with Gasteiger partial charge in [0, 0.05) is 33.2 Å². The van der Waals surface area contributed by atoms with Crippen molar-refractivity contribution < 1.29 is 4.79 Å². The van der Waals surface area contributed by atoms with Crippen LogP contribution < -0.4 is 0 Å². The number of carbonyl (C=O) groups is 1. The minimum Gasteiger partial charge on any atom is -0.337 e. The van der Waals surface area contributed by atoms with Crippen LogP contribution in [0.25, 0.3) is 0 Å². The minimum atomic E-state index is 0.126. The van der Waals surface area contributed by atoms with Crippen LogP contribution in [0.3, 0.4) is 0 Å². The van der Waals surface area contributed by atoms with Crippen LogP contribution in [0.5, 0.6) is 0 Å². The Labute approximate surface area is 118 Å². The molecule has 0 spiro atoms. The van der Waals surface area contributed by atoms with Crippen molar-refractivity contribution in [3.63, 3.8) is 0 Å². The van der Waals surface area contributed by atoms with Crippen molar-refractivity contribution in [2.45, 2.75) is 0 Å². The SMILES string of the molecule is O=C(c1ccc(Cl)cc1I)N1CCSCC1. The van der Waals surface area contributed by atoms with E-state index in [4.69, 9.17) is 11.6 Å². The van der Waals surface area contributed by atoms with Gasteiger partial charge in [-0.2, -0.15) is 11.8 Å². The van der Waals surface area contributed by atoms with E-state index in [1.165, 1.54) is 0 Å². The zero-order chi connectivity index (χ0) is 11.5. The van der Waals surface area contributed by atoms with Gasteiger partial charge in [0.25, 0.3) is 5.91 Å². The average molecular weight is 368 g/mol. The van der Waals surface area contributed by atoms with E-state index < -0.39 is 0 Å². The molecule has 0 aliphatic carbocycles. The second kappa shape index (κ2) is 5.60. The zero-order valence-electron chi connectivity index (χ0n) is 8.58.